The first kappa shape index (κ1) is 36.3. The van der Waals surface area contributed by atoms with E-state index in [1.54, 1.807) is 4.72 Å². The number of methoxy groups -OCH3 is 1. The van der Waals surface area contributed by atoms with Gasteiger partial charge < -0.3 is 19.0 Å². The molecule has 2 heterocycles. The van der Waals surface area contributed by atoms with Gasteiger partial charge in [-0.2, -0.15) is 19.6 Å². The third kappa shape index (κ3) is 9.42. The average molecular weight is 709 g/mol. The molecule has 4 aromatic rings. The number of aromatic nitrogens is 5. The number of terminal acetylenes is 1. The molecule has 0 bridgehead atoms. The Bertz CT molecular complexity index is 2020. The molecule has 2 amide bonds. The Hall–Kier alpha value is -5.18. The number of carboxylic acids is 1. The number of hydrogen-bond donors (Lipinski definition) is 3. The Morgan fingerprint density at radius 1 is 1.13 bits per heavy atom. The summed E-state index contributed by atoms with van der Waals surface area (Å²) in [4.78, 5) is 45.8. The van der Waals surface area contributed by atoms with E-state index in [1.165, 1.54) is 38.3 Å². The molecule has 0 atom stereocenters. The van der Waals surface area contributed by atoms with E-state index in [2.05, 4.69) is 31.3 Å². The second-order valence-corrected chi connectivity index (χ2v) is 12.6. The monoisotopic (exact) mass is 707 g/mol. The van der Waals surface area contributed by atoms with Crippen LogP contribution in [0.25, 0.3) is 5.69 Å². The summed E-state index contributed by atoms with van der Waals surface area (Å²) in [7, 11) is -3.11. The first-order valence-corrected chi connectivity index (χ1v) is 15.3. The van der Waals surface area contributed by atoms with Crippen LogP contribution in [0.3, 0.4) is 0 Å². The van der Waals surface area contributed by atoms with Crippen LogP contribution in [0.4, 0.5) is 10.7 Å². The molecule has 4 rings (SSSR count). The number of hydrogen-bond acceptors (Lipinski definition) is 12. The first-order valence-electron chi connectivity index (χ1n) is 13.1. The van der Waals surface area contributed by atoms with E-state index in [4.69, 9.17) is 48.6 Å². The second kappa shape index (κ2) is 14.9. The number of benzene rings is 2. The van der Waals surface area contributed by atoms with E-state index in [0.717, 1.165) is 16.8 Å². The number of rotatable bonds is 8. The van der Waals surface area contributed by atoms with Gasteiger partial charge in [-0.15, -0.1) is 11.5 Å². The van der Waals surface area contributed by atoms with Gasteiger partial charge in [0.25, 0.3) is 10.0 Å². The molecule has 0 radical (unpaired) electrons. The molecule has 0 saturated heterocycles. The Balaban J connectivity index is 0.000000257. The quantitative estimate of drug-likeness (QED) is 0.222. The third-order valence-corrected chi connectivity index (χ3v) is 7.49. The first-order chi connectivity index (χ1) is 22.0. The van der Waals surface area contributed by atoms with Gasteiger partial charge in [0.15, 0.2) is 0 Å². The Kier molecular flexibility index (Phi) is 11.5. The normalized spacial score (nSPS) is 11.0. The number of carbonyl (C=O) groups excluding carboxylic acids is 1. The van der Waals surface area contributed by atoms with E-state index < -0.39 is 43.7 Å². The average Bonchev–Trinajstić information content (AvgIpc) is 3.38. The number of nitrogens with zero attached hydrogens (tertiary/aromatic N) is 5. The van der Waals surface area contributed by atoms with Gasteiger partial charge in [-0.1, -0.05) is 62.0 Å². The highest BCUT2D eigenvalue weighted by atomic mass is 35.5. The zero-order valence-corrected chi connectivity index (χ0v) is 27.7. The maximum atomic E-state index is 12.2. The highest BCUT2D eigenvalue weighted by molar-refractivity contribution is 7.90. The van der Waals surface area contributed by atoms with Crippen LogP contribution < -0.4 is 25.3 Å². The van der Waals surface area contributed by atoms with Crippen molar-refractivity contribution in [3.63, 3.8) is 0 Å². The number of amides is 2. The lowest BCUT2D eigenvalue weighted by Crippen LogP contribution is -2.35. The van der Waals surface area contributed by atoms with Crippen molar-refractivity contribution in [2.45, 2.75) is 38.0 Å². The lowest BCUT2D eigenvalue weighted by Gasteiger charge is -2.11. The predicted octanol–water partition coefficient (Wildman–Crippen LogP) is 3.84. The molecule has 3 N–H and O–H groups in total. The summed E-state index contributed by atoms with van der Waals surface area (Å²) in [6.07, 6.45) is 5.15. The predicted molar refractivity (Wildman–Crippen MR) is 169 cm³/mol. The molecule has 0 aliphatic heterocycles. The summed E-state index contributed by atoms with van der Waals surface area (Å²) in [6.45, 7) is 7.21. The number of urea groups is 1. The molecule has 47 heavy (non-hydrogen) atoms. The minimum absolute atomic E-state index is 0.0434. The maximum absolute atomic E-state index is 12.2. The van der Waals surface area contributed by atoms with Gasteiger partial charge in [-0.3, -0.25) is 5.32 Å². The zero-order chi connectivity index (χ0) is 35.1. The van der Waals surface area contributed by atoms with E-state index in [1.807, 2.05) is 20.8 Å². The fourth-order valence-corrected chi connectivity index (χ4v) is 5.06. The van der Waals surface area contributed by atoms with Crippen LogP contribution in [0.5, 0.6) is 11.8 Å². The molecule has 0 aliphatic carbocycles. The zero-order valence-electron chi connectivity index (χ0n) is 25.4. The van der Waals surface area contributed by atoms with Crippen LogP contribution in [-0.2, 0) is 15.4 Å². The number of ether oxygens (including phenoxy) is 2. The maximum Gasteiger partial charge on any atom is 0.442 e. The molecule has 0 spiro atoms. The van der Waals surface area contributed by atoms with Gasteiger partial charge >= 0.3 is 23.8 Å². The minimum Gasteiger partial charge on any atom is -0.479 e. The van der Waals surface area contributed by atoms with Gasteiger partial charge in [0.2, 0.25) is 11.8 Å². The number of carbonyl (C=O) groups is 2. The van der Waals surface area contributed by atoms with Crippen molar-refractivity contribution < 1.29 is 37.0 Å². The van der Waals surface area contributed by atoms with Crippen molar-refractivity contribution in [1.29, 1.82) is 0 Å². The SMILES string of the molecule is C#CCOc1cc(-n2nc(C(C)(C)C)oc2=O)c(Cl)cc1Cl.COc1nc(C)nc(NC(=O)NS(=O)(=O)c2ccccc2C(=O)O)n1. The molecular weight excluding hydrogens is 681 g/mol. The molecule has 248 valence electrons. The highest BCUT2D eigenvalue weighted by Gasteiger charge is 2.25. The van der Waals surface area contributed by atoms with Crippen molar-refractivity contribution in [2.75, 3.05) is 19.0 Å². The number of aromatic carboxylic acids is 1. The van der Waals surface area contributed by atoms with Crippen LogP contribution in [0.2, 0.25) is 10.0 Å². The largest absolute Gasteiger partial charge is 0.479 e. The van der Waals surface area contributed by atoms with E-state index >= 15 is 0 Å². The summed E-state index contributed by atoms with van der Waals surface area (Å²) >= 11 is 12.2. The molecule has 0 fully saturated rings. The van der Waals surface area contributed by atoms with E-state index in [-0.39, 0.29) is 34.4 Å². The van der Waals surface area contributed by atoms with Gasteiger partial charge in [0, 0.05) is 11.5 Å². The lowest BCUT2D eigenvalue weighted by molar-refractivity contribution is 0.0692. The van der Waals surface area contributed by atoms with Crippen molar-refractivity contribution in [1.82, 2.24) is 29.5 Å². The van der Waals surface area contributed by atoms with Crippen molar-refractivity contribution in [3.8, 4) is 29.8 Å². The number of sulfonamides is 1. The molecule has 0 saturated carbocycles. The fourth-order valence-electron chi connectivity index (χ4n) is 3.43. The van der Waals surface area contributed by atoms with Crippen molar-refractivity contribution in [2.24, 2.45) is 0 Å². The Morgan fingerprint density at radius 3 is 2.40 bits per heavy atom. The van der Waals surface area contributed by atoms with Gasteiger partial charge in [-0.05, 0) is 25.1 Å². The Morgan fingerprint density at radius 2 is 1.81 bits per heavy atom. The number of nitrogens with one attached hydrogen (secondary N) is 2. The summed E-state index contributed by atoms with van der Waals surface area (Å²) in [5, 5.41) is 15.9. The number of anilines is 1. The third-order valence-electron chi connectivity index (χ3n) is 5.50. The standard InChI is InChI=1S/C15H14Cl2N2O3.C13H13N5O6S/c1-5-6-21-12-8-11(9(16)7-10(12)17)19-14(20)22-13(18-19)15(2,3)4;1-7-14-11(17-13(15-7)24-2)16-12(21)18-25(22,23)9-6-4-3-5-8(9)10(19)20/h1,7-8H,6H2,2-4H3;3-6H,1-2H3,(H,19,20)(H2,14,15,16,17,18,21). The molecule has 19 heteroatoms. The fraction of sp³-hybridized carbons (Fsp3) is 0.250. The van der Waals surface area contributed by atoms with E-state index in [9.17, 15) is 22.8 Å². The van der Waals surface area contributed by atoms with Crippen molar-refractivity contribution >= 4 is 51.2 Å². The molecule has 0 unspecified atom stereocenters. The molecule has 0 aliphatic rings. The molecule has 2 aromatic heterocycles. The van der Waals surface area contributed by atoms with E-state index in [0.29, 0.717) is 17.3 Å². The van der Waals surface area contributed by atoms with Gasteiger partial charge in [-0.25, -0.2) is 27.5 Å². The summed E-state index contributed by atoms with van der Waals surface area (Å²) in [6, 6.07) is 6.58. The molecule has 2 aromatic carbocycles. The van der Waals surface area contributed by atoms with Crippen LogP contribution in [0, 0.1) is 19.3 Å². The Labute approximate surface area is 278 Å². The number of carboxylic acid groups (broad SMARTS) is 1. The van der Waals surface area contributed by atoms with Crippen LogP contribution >= 0.6 is 23.2 Å². The lowest BCUT2D eigenvalue weighted by atomic mass is 9.97. The van der Waals surface area contributed by atoms with Crippen molar-refractivity contribution in [3.05, 3.63) is 74.3 Å². The van der Waals surface area contributed by atoms with Gasteiger partial charge in [0.1, 0.15) is 23.1 Å². The smallest absolute Gasteiger partial charge is 0.442 e. The topological polar surface area (TPSA) is 218 Å². The summed E-state index contributed by atoms with van der Waals surface area (Å²) in [5.41, 5.74) is -0.575. The molecule has 16 nitrogen and oxygen atoms in total. The molecular formula is C28H27Cl2N7O9S. The van der Waals surface area contributed by atoms with Crippen LogP contribution in [0.1, 0.15) is 42.8 Å². The van der Waals surface area contributed by atoms with Gasteiger partial charge in [0.05, 0.1) is 28.4 Å². The minimum atomic E-state index is -4.43. The second-order valence-electron chi connectivity index (χ2n) is 10.1. The summed E-state index contributed by atoms with van der Waals surface area (Å²) in [5.74, 6) is 0.866. The summed E-state index contributed by atoms with van der Waals surface area (Å²) < 4.78 is 42.5. The van der Waals surface area contributed by atoms with Crippen LogP contribution in [-0.4, -0.2) is 64.0 Å². The van der Waals surface area contributed by atoms with Crippen LogP contribution in [0.15, 0.2) is 50.5 Å². The number of halogens is 2. The number of aryl methyl sites for hydroxylation is 1. The highest BCUT2D eigenvalue weighted by Crippen LogP contribution is 2.33.